The van der Waals surface area contributed by atoms with Crippen molar-refractivity contribution >= 4 is 16.9 Å². The molecule has 2 amide bonds. The molecule has 1 aromatic carbocycles. The Morgan fingerprint density at radius 2 is 2.16 bits per heavy atom. The second-order valence-electron chi connectivity index (χ2n) is 6.81. The summed E-state index contributed by atoms with van der Waals surface area (Å²) < 4.78 is 0. The van der Waals surface area contributed by atoms with E-state index in [2.05, 4.69) is 22.1 Å². The van der Waals surface area contributed by atoms with Crippen molar-refractivity contribution in [2.75, 3.05) is 26.7 Å². The van der Waals surface area contributed by atoms with Crippen molar-refractivity contribution in [3.05, 3.63) is 42.1 Å². The minimum absolute atomic E-state index is 0.0189. The van der Waals surface area contributed by atoms with Gasteiger partial charge in [0.1, 0.15) is 0 Å². The molecule has 1 N–H and O–H groups in total. The SMILES string of the molecule is CCN1CCCC[C@H]1CNC(=O)N(C)Cc1cccc2cccnc12. The summed E-state index contributed by atoms with van der Waals surface area (Å²) in [5.74, 6) is 0. The number of carbonyl (C=O) groups is 1. The zero-order valence-corrected chi connectivity index (χ0v) is 15.2. The smallest absolute Gasteiger partial charge is 0.317 e. The molecule has 1 aromatic heterocycles. The van der Waals surface area contributed by atoms with Crippen molar-refractivity contribution < 1.29 is 4.79 Å². The monoisotopic (exact) mass is 340 g/mol. The number of rotatable bonds is 5. The molecule has 1 atom stereocenters. The summed E-state index contributed by atoms with van der Waals surface area (Å²) in [5, 5.41) is 4.22. The Hall–Kier alpha value is -2.14. The molecule has 2 aromatic rings. The van der Waals surface area contributed by atoms with E-state index in [0.717, 1.165) is 36.1 Å². The maximum absolute atomic E-state index is 12.5. The Bertz CT molecular complexity index is 712. The maximum atomic E-state index is 12.5. The number of nitrogens with zero attached hydrogens (tertiary/aromatic N) is 3. The van der Waals surface area contributed by atoms with Crippen LogP contribution in [0, 0.1) is 0 Å². The molecule has 0 unspecified atom stereocenters. The topological polar surface area (TPSA) is 48.5 Å². The van der Waals surface area contributed by atoms with E-state index in [-0.39, 0.29) is 6.03 Å². The lowest BCUT2D eigenvalue weighted by atomic mass is 10.0. The Balaban J connectivity index is 1.59. The Morgan fingerprint density at radius 1 is 1.32 bits per heavy atom. The molecular formula is C20H28N4O. The van der Waals surface area contributed by atoms with Crippen LogP contribution in [0.5, 0.6) is 0 Å². The van der Waals surface area contributed by atoms with Gasteiger partial charge in [-0.3, -0.25) is 9.88 Å². The summed E-state index contributed by atoms with van der Waals surface area (Å²) in [6, 6.07) is 10.5. The van der Waals surface area contributed by atoms with E-state index >= 15 is 0 Å². The number of amides is 2. The zero-order chi connectivity index (χ0) is 17.6. The lowest BCUT2D eigenvalue weighted by Gasteiger charge is -2.35. The van der Waals surface area contributed by atoms with E-state index in [1.807, 2.05) is 37.4 Å². The minimum Gasteiger partial charge on any atom is -0.336 e. The number of fused-ring (bicyclic) bond motifs is 1. The van der Waals surface area contributed by atoms with Crippen molar-refractivity contribution in [2.24, 2.45) is 0 Å². The largest absolute Gasteiger partial charge is 0.336 e. The molecule has 0 aliphatic carbocycles. The number of hydrogen-bond donors (Lipinski definition) is 1. The van der Waals surface area contributed by atoms with Crippen LogP contribution in [-0.4, -0.2) is 53.5 Å². The van der Waals surface area contributed by atoms with Crippen LogP contribution in [0.4, 0.5) is 4.79 Å². The number of urea groups is 1. The molecule has 134 valence electrons. The molecule has 3 rings (SSSR count). The molecule has 1 aliphatic rings. The lowest BCUT2D eigenvalue weighted by Crippen LogP contribution is -2.48. The van der Waals surface area contributed by atoms with Gasteiger partial charge in [0, 0.05) is 37.8 Å². The Kier molecular flexibility index (Phi) is 5.87. The fraction of sp³-hybridized carbons (Fsp3) is 0.500. The average molecular weight is 340 g/mol. The van der Waals surface area contributed by atoms with Gasteiger partial charge in [0.15, 0.2) is 0 Å². The van der Waals surface area contributed by atoms with E-state index in [4.69, 9.17) is 0 Å². The molecule has 1 aliphatic heterocycles. The van der Waals surface area contributed by atoms with Crippen molar-refractivity contribution in [3.63, 3.8) is 0 Å². The first kappa shape index (κ1) is 17.7. The minimum atomic E-state index is -0.0189. The number of nitrogens with one attached hydrogen (secondary N) is 1. The van der Waals surface area contributed by atoms with Crippen LogP contribution in [-0.2, 0) is 6.54 Å². The van der Waals surface area contributed by atoms with Gasteiger partial charge in [0.2, 0.25) is 0 Å². The molecule has 2 heterocycles. The van der Waals surface area contributed by atoms with E-state index in [1.54, 1.807) is 11.1 Å². The van der Waals surface area contributed by atoms with Crippen LogP contribution >= 0.6 is 0 Å². The number of carbonyl (C=O) groups excluding carboxylic acids is 1. The first-order chi connectivity index (χ1) is 12.2. The fourth-order valence-electron chi connectivity index (χ4n) is 3.67. The number of piperidine rings is 1. The fourth-order valence-corrected chi connectivity index (χ4v) is 3.67. The quantitative estimate of drug-likeness (QED) is 0.909. The summed E-state index contributed by atoms with van der Waals surface area (Å²) in [7, 11) is 1.84. The van der Waals surface area contributed by atoms with Crippen molar-refractivity contribution in [2.45, 2.75) is 38.8 Å². The first-order valence-electron chi connectivity index (χ1n) is 9.24. The summed E-state index contributed by atoms with van der Waals surface area (Å²) in [6.07, 6.45) is 5.50. The van der Waals surface area contributed by atoms with Gasteiger partial charge < -0.3 is 10.2 Å². The van der Waals surface area contributed by atoms with Crippen LogP contribution < -0.4 is 5.32 Å². The number of likely N-dealkylation sites (tertiary alicyclic amines) is 1. The van der Waals surface area contributed by atoms with Gasteiger partial charge >= 0.3 is 6.03 Å². The number of benzene rings is 1. The van der Waals surface area contributed by atoms with E-state index in [1.165, 1.54) is 19.3 Å². The van der Waals surface area contributed by atoms with Gasteiger partial charge in [-0.2, -0.15) is 0 Å². The molecule has 1 saturated heterocycles. The zero-order valence-electron chi connectivity index (χ0n) is 15.2. The molecule has 1 fully saturated rings. The normalized spacial score (nSPS) is 18.2. The molecular weight excluding hydrogens is 312 g/mol. The third-order valence-electron chi connectivity index (χ3n) is 5.11. The first-order valence-corrected chi connectivity index (χ1v) is 9.24. The van der Waals surface area contributed by atoms with Crippen LogP contribution in [0.3, 0.4) is 0 Å². The highest BCUT2D eigenvalue weighted by atomic mass is 16.2. The highest BCUT2D eigenvalue weighted by Crippen LogP contribution is 2.18. The van der Waals surface area contributed by atoms with E-state index in [9.17, 15) is 4.79 Å². The highest BCUT2D eigenvalue weighted by molar-refractivity contribution is 5.82. The molecule has 0 spiro atoms. The summed E-state index contributed by atoms with van der Waals surface area (Å²) in [4.78, 5) is 21.2. The van der Waals surface area contributed by atoms with Gasteiger partial charge in [0.05, 0.1) is 5.52 Å². The van der Waals surface area contributed by atoms with Gasteiger partial charge in [-0.1, -0.05) is 37.6 Å². The van der Waals surface area contributed by atoms with Crippen LogP contribution in [0.1, 0.15) is 31.7 Å². The number of pyridine rings is 1. The van der Waals surface area contributed by atoms with Crippen LogP contribution in [0.2, 0.25) is 0 Å². The summed E-state index contributed by atoms with van der Waals surface area (Å²) in [5.41, 5.74) is 2.04. The Labute approximate surface area is 150 Å². The number of likely N-dealkylation sites (N-methyl/N-ethyl adjacent to an activating group) is 1. The summed E-state index contributed by atoms with van der Waals surface area (Å²) in [6.45, 7) is 5.68. The molecule has 0 radical (unpaired) electrons. The second kappa shape index (κ2) is 8.30. The van der Waals surface area contributed by atoms with E-state index < -0.39 is 0 Å². The predicted molar refractivity (Wildman–Crippen MR) is 101 cm³/mol. The van der Waals surface area contributed by atoms with Crippen LogP contribution in [0.25, 0.3) is 10.9 Å². The van der Waals surface area contributed by atoms with Gasteiger partial charge in [-0.05, 0) is 37.6 Å². The predicted octanol–water partition coefficient (Wildman–Crippen LogP) is 3.25. The van der Waals surface area contributed by atoms with Gasteiger partial charge in [-0.15, -0.1) is 0 Å². The number of para-hydroxylation sites is 1. The van der Waals surface area contributed by atoms with Crippen LogP contribution in [0.15, 0.2) is 36.5 Å². The number of hydrogen-bond acceptors (Lipinski definition) is 3. The molecule has 0 saturated carbocycles. The lowest BCUT2D eigenvalue weighted by molar-refractivity contribution is 0.149. The maximum Gasteiger partial charge on any atom is 0.317 e. The van der Waals surface area contributed by atoms with Gasteiger partial charge in [0.25, 0.3) is 0 Å². The molecule has 0 bridgehead atoms. The molecule has 25 heavy (non-hydrogen) atoms. The molecule has 5 nitrogen and oxygen atoms in total. The van der Waals surface area contributed by atoms with Gasteiger partial charge in [-0.25, -0.2) is 4.79 Å². The average Bonchev–Trinajstić information content (AvgIpc) is 2.66. The Morgan fingerprint density at radius 3 is 3.00 bits per heavy atom. The number of aromatic nitrogens is 1. The van der Waals surface area contributed by atoms with E-state index in [0.29, 0.717) is 12.6 Å². The highest BCUT2D eigenvalue weighted by Gasteiger charge is 2.22. The standard InChI is InChI=1S/C20H28N4O/c1-3-24-13-5-4-11-18(24)14-22-20(25)23(2)15-17-9-6-8-16-10-7-12-21-19(16)17/h6-10,12,18H,3-5,11,13-15H2,1-2H3,(H,22,25)/t18-/m0/s1. The third-order valence-corrected chi connectivity index (χ3v) is 5.11. The van der Waals surface area contributed by atoms with Crippen molar-refractivity contribution in [3.8, 4) is 0 Å². The second-order valence-corrected chi connectivity index (χ2v) is 6.81. The van der Waals surface area contributed by atoms with Crippen molar-refractivity contribution in [1.82, 2.24) is 20.1 Å². The summed E-state index contributed by atoms with van der Waals surface area (Å²) >= 11 is 0. The van der Waals surface area contributed by atoms with Crippen molar-refractivity contribution in [1.29, 1.82) is 0 Å². The third kappa shape index (κ3) is 4.28. The molecule has 5 heteroatoms.